The van der Waals surface area contributed by atoms with Crippen LogP contribution in [0.25, 0.3) is 0 Å². The van der Waals surface area contributed by atoms with Gasteiger partial charge >= 0.3 is 5.97 Å². The highest BCUT2D eigenvalue weighted by molar-refractivity contribution is 6.14. The van der Waals surface area contributed by atoms with Crippen LogP contribution in [-0.4, -0.2) is 23.8 Å². The summed E-state index contributed by atoms with van der Waals surface area (Å²) in [6, 6.07) is 21.0. The molecule has 0 spiro atoms. The number of anilines is 1. The van der Waals surface area contributed by atoms with E-state index in [1.165, 1.54) is 13.0 Å². The highest BCUT2D eigenvalue weighted by Crippen LogP contribution is 2.22. The van der Waals surface area contributed by atoms with E-state index in [2.05, 4.69) is 5.32 Å². The Balaban J connectivity index is 1.76. The summed E-state index contributed by atoms with van der Waals surface area (Å²) in [4.78, 5) is 38.3. The number of hydrogen-bond acceptors (Lipinski definition) is 4. The highest BCUT2D eigenvalue weighted by atomic mass is 16.5. The maximum atomic E-state index is 12.9. The number of hydrogen-bond donors (Lipinski definition) is 1. The average molecular weight is 415 g/mol. The topological polar surface area (TPSA) is 72.5 Å². The number of carbonyl (C=O) groups excluding carboxylic acids is 3. The van der Waals surface area contributed by atoms with Gasteiger partial charge in [-0.3, -0.25) is 9.59 Å². The van der Waals surface area contributed by atoms with Crippen LogP contribution in [0.4, 0.5) is 5.69 Å². The monoisotopic (exact) mass is 415 g/mol. The summed E-state index contributed by atoms with van der Waals surface area (Å²) in [5, 5.41) is 2.87. The van der Waals surface area contributed by atoms with Gasteiger partial charge in [0.05, 0.1) is 5.56 Å². The average Bonchev–Trinajstić information content (AvgIpc) is 2.80. The van der Waals surface area contributed by atoms with Gasteiger partial charge < -0.3 is 10.1 Å². The first-order chi connectivity index (χ1) is 14.9. The Labute approximate surface area is 182 Å². The largest absolute Gasteiger partial charge is 0.449 e. The predicted molar refractivity (Wildman–Crippen MR) is 120 cm³/mol. The molecule has 0 saturated heterocycles. The van der Waals surface area contributed by atoms with E-state index in [9.17, 15) is 14.4 Å². The summed E-state index contributed by atoms with van der Waals surface area (Å²) < 4.78 is 5.41. The molecule has 31 heavy (non-hydrogen) atoms. The van der Waals surface area contributed by atoms with E-state index >= 15 is 0 Å². The van der Waals surface area contributed by atoms with E-state index in [0.717, 1.165) is 23.2 Å². The van der Waals surface area contributed by atoms with Gasteiger partial charge in [0.15, 0.2) is 11.9 Å². The van der Waals surface area contributed by atoms with Crippen molar-refractivity contribution >= 4 is 23.3 Å². The first kappa shape index (κ1) is 22.0. The number of rotatable bonds is 7. The number of para-hydroxylation sites is 1. The molecule has 5 heteroatoms. The van der Waals surface area contributed by atoms with Crippen molar-refractivity contribution in [1.29, 1.82) is 0 Å². The van der Waals surface area contributed by atoms with Gasteiger partial charge in [0, 0.05) is 16.8 Å². The molecule has 3 rings (SSSR count). The van der Waals surface area contributed by atoms with Gasteiger partial charge in [0.1, 0.15) is 0 Å². The summed E-state index contributed by atoms with van der Waals surface area (Å²) in [6.07, 6.45) is -0.267. The molecule has 3 aromatic rings. The lowest BCUT2D eigenvalue weighted by atomic mass is 9.98. The molecule has 0 aliphatic carbocycles. The zero-order chi connectivity index (χ0) is 22.4. The Morgan fingerprint density at radius 2 is 1.52 bits per heavy atom. The van der Waals surface area contributed by atoms with Crippen LogP contribution in [0.15, 0.2) is 72.8 Å². The molecular weight excluding hydrogens is 390 g/mol. The molecule has 0 saturated carbocycles. The van der Waals surface area contributed by atoms with Crippen molar-refractivity contribution < 1.29 is 19.1 Å². The van der Waals surface area contributed by atoms with E-state index in [1.807, 2.05) is 38.1 Å². The van der Waals surface area contributed by atoms with Gasteiger partial charge in [-0.2, -0.15) is 0 Å². The quantitative estimate of drug-likeness (QED) is 0.437. The third-order valence-electron chi connectivity index (χ3n) is 5.07. The summed E-state index contributed by atoms with van der Waals surface area (Å²) >= 11 is 0. The third kappa shape index (κ3) is 5.07. The first-order valence-corrected chi connectivity index (χ1v) is 10.2. The van der Waals surface area contributed by atoms with Gasteiger partial charge in [-0.25, -0.2) is 4.79 Å². The number of esters is 1. The molecule has 0 unspecified atom stereocenters. The second-order valence-corrected chi connectivity index (χ2v) is 7.24. The van der Waals surface area contributed by atoms with Crippen LogP contribution in [0.1, 0.15) is 51.3 Å². The number of ether oxygens (including phenoxy) is 1. The van der Waals surface area contributed by atoms with Crippen LogP contribution in [-0.2, 0) is 16.0 Å². The summed E-state index contributed by atoms with van der Waals surface area (Å²) in [6.45, 7) is 5.43. The fourth-order valence-electron chi connectivity index (χ4n) is 3.31. The fraction of sp³-hybridized carbons (Fsp3) is 0.192. The summed E-state index contributed by atoms with van der Waals surface area (Å²) in [5.74, 6) is -1.43. The van der Waals surface area contributed by atoms with Gasteiger partial charge in [-0.15, -0.1) is 0 Å². The van der Waals surface area contributed by atoms with Crippen molar-refractivity contribution in [1.82, 2.24) is 0 Å². The third-order valence-corrected chi connectivity index (χ3v) is 5.07. The first-order valence-electron chi connectivity index (χ1n) is 10.2. The van der Waals surface area contributed by atoms with E-state index < -0.39 is 18.0 Å². The van der Waals surface area contributed by atoms with Crippen LogP contribution in [0.5, 0.6) is 0 Å². The molecule has 0 aliphatic rings. The number of benzene rings is 3. The maximum absolute atomic E-state index is 12.9. The SMILES string of the molecule is CCc1cccc(C)c1NC(=O)[C@@H](C)OC(=O)c1ccccc1C(=O)c1ccccc1. The second kappa shape index (κ2) is 9.85. The zero-order valence-electron chi connectivity index (χ0n) is 17.8. The second-order valence-electron chi connectivity index (χ2n) is 7.24. The Bertz CT molecular complexity index is 1110. The molecule has 1 N–H and O–H groups in total. The van der Waals surface area contributed by atoms with Crippen molar-refractivity contribution in [2.75, 3.05) is 5.32 Å². The van der Waals surface area contributed by atoms with Crippen LogP contribution in [0, 0.1) is 6.92 Å². The van der Waals surface area contributed by atoms with Crippen LogP contribution in [0.3, 0.4) is 0 Å². The van der Waals surface area contributed by atoms with Gasteiger partial charge in [0.25, 0.3) is 5.91 Å². The van der Waals surface area contributed by atoms with E-state index in [-0.39, 0.29) is 16.9 Å². The maximum Gasteiger partial charge on any atom is 0.339 e. The van der Waals surface area contributed by atoms with Crippen molar-refractivity contribution in [3.63, 3.8) is 0 Å². The molecule has 5 nitrogen and oxygen atoms in total. The number of aryl methyl sites for hydroxylation is 2. The number of nitrogens with one attached hydrogen (secondary N) is 1. The lowest BCUT2D eigenvalue weighted by molar-refractivity contribution is -0.123. The lowest BCUT2D eigenvalue weighted by Gasteiger charge is -2.17. The van der Waals surface area contributed by atoms with Gasteiger partial charge in [0.2, 0.25) is 0 Å². The molecular formula is C26H25NO4. The molecule has 1 atom stereocenters. The van der Waals surface area contributed by atoms with Crippen molar-refractivity contribution in [2.45, 2.75) is 33.3 Å². The van der Waals surface area contributed by atoms with Crippen molar-refractivity contribution in [3.8, 4) is 0 Å². The number of carbonyl (C=O) groups is 3. The smallest absolute Gasteiger partial charge is 0.339 e. The van der Waals surface area contributed by atoms with Crippen molar-refractivity contribution in [2.24, 2.45) is 0 Å². The minimum absolute atomic E-state index is 0.126. The molecule has 158 valence electrons. The van der Waals surface area contributed by atoms with E-state index in [0.29, 0.717) is 5.56 Å². The highest BCUT2D eigenvalue weighted by Gasteiger charge is 2.24. The molecule has 0 bridgehead atoms. The minimum Gasteiger partial charge on any atom is -0.449 e. The minimum atomic E-state index is -1.03. The van der Waals surface area contributed by atoms with Crippen LogP contribution >= 0.6 is 0 Å². The van der Waals surface area contributed by atoms with E-state index in [1.54, 1.807) is 42.5 Å². The summed E-state index contributed by atoms with van der Waals surface area (Å²) in [5.41, 5.74) is 3.51. The number of ketones is 1. The summed E-state index contributed by atoms with van der Waals surface area (Å²) in [7, 11) is 0. The standard InChI is InChI=1S/C26H25NO4/c1-4-19-14-10-11-17(2)23(19)27-25(29)18(3)31-26(30)22-16-9-8-15-21(22)24(28)20-12-6-5-7-13-20/h5-16,18H,4H2,1-3H3,(H,27,29)/t18-/m1/s1. The molecule has 3 aromatic carbocycles. The van der Waals surface area contributed by atoms with Crippen LogP contribution < -0.4 is 5.32 Å². The molecule has 0 radical (unpaired) electrons. The normalized spacial score (nSPS) is 11.5. The van der Waals surface area contributed by atoms with Gasteiger partial charge in [-0.05, 0) is 37.5 Å². The Morgan fingerprint density at radius 3 is 2.19 bits per heavy atom. The van der Waals surface area contributed by atoms with Crippen molar-refractivity contribution in [3.05, 3.63) is 101 Å². The molecule has 0 aromatic heterocycles. The molecule has 0 heterocycles. The van der Waals surface area contributed by atoms with Gasteiger partial charge in [-0.1, -0.05) is 73.7 Å². The Kier molecular flexibility index (Phi) is 6.98. The Morgan fingerprint density at radius 1 is 0.871 bits per heavy atom. The molecule has 0 aliphatic heterocycles. The predicted octanol–water partition coefficient (Wildman–Crippen LogP) is 4.97. The molecule has 1 amide bonds. The van der Waals surface area contributed by atoms with E-state index in [4.69, 9.17) is 4.74 Å². The number of amides is 1. The zero-order valence-corrected chi connectivity index (χ0v) is 17.8. The Hall–Kier alpha value is -3.73. The lowest BCUT2D eigenvalue weighted by Crippen LogP contribution is -2.31. The molecule has 0 fully saturated rings. The van der Waals surface area contributed by atoms with Crippen LogP contribution in [0.2, 0.25) is 0 Å². The fourth-order valence-corrected chi connectivity index (χ4v) is 3.31.